The van der Waals surface area contributed by atoms with Crippen molar-refractivity contribution >= 4 is 5.97 Å². The molecule has 0 aromatic rings. The Hall–Kier alpha value is -1.45. The summed E-state index contributed by atoms with van der Waals surface area (Å²) in [5, 5.41) is 23.9. The summed E-state index contributed by atoms with van der Waals surface area (Å²) < 4.78 is 0. The van der Waals surface area contributed by atoms with Gasteiger partial charge in [0, 0.05) is 6.54 Å². The van der Waals surface area contributed by atoms with Crippen molar-refractivity contribution in [2.75, 3.05) is 6.54 Å². The molecule has 0 unspecified atom stereocenters. The van der Waals surface area contributed by atoms with E-state index in [1.807, 2.05) is 0 Å². The largest absolute Gasteiger partial charge is 0.549 e. The molecule has 0 heterocycles. The highest BCUT2D eigenvalue weighted by atomic mass is 16.9. The molecule has 0 saturated heterocycles. The van der Waals surface area contributed by atoms with Crippen molar-refractivity contribution in [2.24, 2.45) is 5.73 Å². The molecule has 9 nitrogen and oxygen atoms in total. The lowest BCUT2D eigenvalue weighted by Crippen LogP contribution is -2.30. The Labute approximate surface area is 62.1 Å². The number of carbonyl (C=O) groups excluding carboxylic acids is 1. The highest BCUT2D eigenvalue weighted by Gasteiger charge is 1.65. The summed E-state index contributed by atoms with van der Waals surface area (Å²) >= 11 is 0. The molecule has 0 aromatic heterocycles. The lowest BCUT2D eigenvalue weighted by atomic mass is 10.7. The van der Waals surface area contributed by atoms with Crippen LogP contribution in [0.5, 0.6) is 0 Å². The highest BCUT2D eigenvalue weighted by molar-refractivity contribution is 5.66. The quantitative estimate of drug-likeness (QED) is 0.307. The fourth-order valence-corrected chi connectivity index (χ4v) is 0. The van der Waals surface area contributed by atoms with Gasteiger partial charge in [0.2, 0.25) is 0 Å². The smallest absolute Gasteiger partial charge is 0.0689 e. The van der Waals surface area contributed by atoms with E-state index in [2.05, 4.69) is 5.73 Å². The van der Waals surface area contributed by atoms with Gasteiger partial charge in [-0.15, -0.1) is 0 Å². The van der Waals surface area contributed by atoms with Crippen LogP contribution in [-0.2, 0) is 4.79 Å². The topological polar surface area (TPSA) is 205 Å². The van der Waals surface area contributed by atoms with Crippen molar-refractivity contribution in [2.45, 2.75) is 0 Å². The first-order valence-electron chi connectivity index (χ1n) is 1.72. The molecule has 0 amide bonds. The van der Waals surface area contributed by atoms with Gasteiger partial charge in [-0.2, -0.15) is 0 Å². The first-order chi connectivity index (χ1) is 4.00. The van der Waals surface area contributed by atoms with Gasteiger partial charge in [-0.1, -0.05) is 0 Å². The van der Waals surface area contributed by atoms with Crippen molar-refractivity contribution in [1.29, 1.82) is 0 Å². The number of carboxylic acid groups (broad SMARTS) is 1. The lowest BCUT2D eigenvalue weighted by molar-refractivity contribution is -0.402. The van der Waals surface area contributed by atoms with E-state index in [0.717, 1.165) is 0 Å². The minimum Gasteiger partial charge on any atom is -0.549 e. The van der Waals surface area contributed by atoms with Crippen LogP contribution in [0.15, 0.2) is 0 Å². The van der Waals surface area contributed by atoms with E-state index in [1.54, 1.807) is 0 Å². The predicted molar refractivity (Wildman–Crippen MR) is 36.4 cm³/mol. The summed E-state index contributed by atoms with van der Waals surface area (Å²) in [7, 11) is 0. The van der Waals surface area contributed by atoms with Crippen molar-refractivity contribution in [3.05, 3.63) is 15.3 Å². The average Bonchev–Trinajstić information content (AvgIpc) is 1.65. The van der Waals surface area contributed by atoms with Crippen molar-refractivity contribution in [1.82, 2.24) is 12.3 Å². The number of nitrogens with two attached hydrogens (primary N) is 1. The van der Waals surface area contributed by atoms with Crippen molar-refractivity contribution in [3.63, 3.8) is 0 Å². The SMILES string of the molecule is NCC(=O)[O-].O=[N+]([O-])[O-].[NH4+].[NH4+]. The second-order valence-corrected chi connectivity index (χ2v) is 0.800. The molecule has 70 valence electrons. The molecule has 0 aliphatic carbocycles. The molecule has 0 rings (SSSR count). The Morgan fingerprint density at radius 2 is 1.45 bits per heavy atom. The maximum absolute atomic E-state index is 9.13. The van der Waals surface area contributed by atoms with Gasteiger partial charge in [-0.25, -0.2) is 0 Å². The zero-order chi connectivity index (χ0) is 7.86. The van der Waals surface area contributed by atoms with Crippen LogP contribution in [0.2, 0.25) is 0 Å². The average molecular weight is 172 g/mol. The number of carboxylic acids is 1. The second kappa shape index (κ2) is 15.8. The van der Waals surface area contributed by atoms with E-state index in [9.17, 15) is 0 Å². The van der Waals surface area contributed by atoms with E-state index in [-0.39, 0.29) is 18.8 Å². The lowest BCUT2D eigenvalue weighted by Gasteiger charge is -1.87. The Balaban J connectivity index is -0.0000000383. The summed E-state index contributed by atoms with van der Waals surface area (Å²) in [5.41, 5.74) is 4.51. The Morgan fingerprint density at radius 1 is 1.36 bits per heavy atom. The van der Waals surface area contributed by atoms with Crippen molar-refractivity contribution in [3.8, 4) is 0 Å². The molecule has 0 aliphatic heterocycles. The molecule has 0 saturated carbocycles. The molecular formula is C2H12N4O5. The minimum atomic E-state index is -1.75. The van der Waals surface area contributed by atoms with Crippen LogP contribution in [0.4, 0.5) is 0 Å². The first-order valence-corrected chi connectivity index (χ1v) is 1.72. The van der Waals surface area contributed by atoms with Crippen LogP contribution in [0.3, 0.4) is 0 Å². The predicted octanol–water partition coefficient (Wildman–Crippen LogP) is -1.79. The van der Waals surface area contributed by atoms with E-state index in [4.69, 9.17) is 25.2 Å². The van der Waals surface area contributed by atoms with E-state index in [0.29, 0.717) is 0 Å². The molecule has 0 radical (unpaired) electrons. The Morgan fingerprint density at radius 3 is 1.45 bits per heavy atom. The fourth-order valence-electron chi connectivity index (χ4n) is 0. The summed E-state index contributed by atoms with van der Waals surface area (Å²) in [6, 6.07) is 0. The minimum absolute atomic E-state index is 0. The molecule has 11 heavy (non-hydrogen) atoms. The Bertz CT molecular complexity index is 101. The van der Waals surface area contributed by atoms with E-state index >= 15 is 0 Å². The standard InChI is InChI=1S/C2H5NO2.NO3.2H3N/c3-1-2(4)5;2-1(3)4;;/h1,3H2,(H,4,5);;2*1H3/q;-1;;/p+1. The molecule has 0 aliphatic rings. The summed E-state index contributed by atoms with van der Waals surface area (Å²) in [4.78, 5) is 17.4. The van der Waals surface area contributed by atoms with Gasteiger partial charge in [0.15, 0.2) is 0 Å². The normalized spacial score (nSPS) is 5.55. The number of rotatable bonds is 1. The summed E-state index contributed by atoms with van der Waals surface area (Å²) in [5.74, 6) is -1.22. The zero-order valence-electron chi connectivity index (χ0n) is 6.27. The molecule has 0 fully saturated rings. The van der Waals surface area contributed by atoms with E-state index in [1.165, 1.54) is 0 Å². The van der Waals surface area contributed by atoms with Crippen LogP contribution in [0, 0.1) is 15.3 Å². The maximum atomic E-state index is 9.13. The second-order valence-electron chi connectivity index (χ2n) is 0.800. The van der Waals surface area contributed by atoms with Gasteiger partial charge in [0.1, 0.15) is 0 Å². The highest BCUT2D eigenvalue weighted by Crippen LogP contribution is 1.44. The van der Waals surface area contributed by atoms with E-state index < -0.39 is 11.1 Å². The third-order valence-electron chi connectivity index (χ3n) is 0.167. The number of hydrogen-bond acceptors (Lipinski definition) is 6. The Kier molecular flexibility index (Phi) is 32.6. The number of hydrogen-bond donors (Lipinski definition) is 3. The number of nitrogens with zero attached hydrogens (tertiary/aromatic N) is 1. The summed E-state index contributed by atoms with van der Waals surface area (Å²) in [6.07, 6.45) is 0. The van der Waals surface area contributed by atoms with Gasteiger partial charge < -0.3 is 43.3 Å². The first kappa shape index (κ1) is 22.7. The van der Waals surface area contributed by atoms with Gasteiger partial charge in [0.05, 0.1) is 11.1 Å². The fraction of sp³-hybridized carbons (Fsp3) is 0.500. The van der Waals surface area contributed by atoms with Crippen LogP contribution < -0.4 is 23.1 Å². The monoisotopic (exact) mass is 172 g/mol. The number of carbonyl (C=O) groups is 1. The van der Waals surface area contributed by atoms with Gasteiger partial charge in [-0.05, 0) is 0 Å². The van der Waals surface area contributed by atoms with Crippen LogP contribution in [0.1, 0.15) is 0 Å². The summed E-state index contributed by atoms with van der Waals surface area (Å²) in [6.45, 7) is -0.389. The molecule has 0 atom stereocenters. The molecule has 0 spiro atoms. The molecule has 10 N–H and O–H groups in total. The van der Waals surface area contributed by atoms with Gasteiger partial charge in [-0.3, -0.25) is 0 Å². The third kappa shape index (κ3) is 1210. The molecule has 0 aromatic carbocycles. The van der Waals surface area contributed by atoms with Gasteiger partial charge >= 0.3 is 0 Å². The number of aliphatic carboxylic acids is 1. The van der Waals surface area contributed by atoms with Crippen LogP contribution in [0.25, 0.3) is 0 Å². The number of quaternary nitrogens is 2. The van der Waals surface area contributed by atoms with Gasteiger partial charge in [0.25, 0.3) is 0 Å². The maximum Gasteiger partial charge on any atom is 0.0689 e. The molecular weight excluding hydrogens is 160 g/mol. The van der Waals surface area contributed by atoms with Crippen LogP contribution in [-0.4, -0.2) is 17.6 Å². The molecule has 0 bridgehead atoms. The molecule has 9 heteroatoms. The van der Waals surface area contributed by atoms with Crippen molar-refractivity contribution < 1.29 is 15.0 Å². The third-order valence-corrected chi connectivity index (χ3v) is 0.167. The zero-order valence-corrected chi connectivity index (χ0v) is 6.27. The van der Waals surface area contributed by atoms with Crippen LogP contribution >= 0.6 is 0 Å².